The smallest absolute Gasteiger partial charge is 0.406 e. The normalized spacial score (nSPS) is 17.3. The number of nitrogens with zero attached hydrogens (tertiary/aromatic N) is 3. The molecule has 5 heterocycles. The summed E-state index contributed by atoms with van der Waals surface area (Å²) in [5, 5.41) is 4.96. The Morgan fingerprint density at radius 1 is 0.933 bits per heavy atom. The molecule has 5 aliphatic heterocycles. The molecular weight excluding hydrogens is 564 g/mol. The Bertz CT molecular complexity index is 1870. The molecule has 0 unspecified atom stereocenters. The van der Waals surface area contributed by atoms with E-state index in [2.05, 4.69) is 33.0 Å². The van der Waals surface area contributed by atoms with Crippen LogP contribution in [0.1, 0.15) is 69.4 Å². The lowest BCUT2D eigenvalue weighted by Crippen LogP contribution is -2.45. The van der Waals surface area contributed by atoms with Gasteiger partial charge in [0.1, 0.15) is 31.2 Å². The zero-order valence-corrected chi connectivity index (χ0v) is 26.3. The fourth-order valence-corrected chi connectivity index (χ4v) is 8.35. The number of fused-ring (bicyclic) bond motifs is 4. The van der Waals surface area contributed by atoms with E-state index < -0.39 is 6.09 Å². The summed E-state index contributed by atoms with van der Waals surface area (Å²) in [6.45, 7) is 4.84. The number of amides is 2. The first kappa shape index (κ1) is 28.2. The minimum Gasteiger partial charge on any atom is -0.455 e. The van der Waals surface area contributed by atoms with Crippen molar-refractivity contribution in [1.82, 2.24) is 14.8 Å². The van der Waals surface area contributed by atoms with Gasteiger partial charge in [-0.15, -0.1) is 0 Å². The van der Waals surface area contributed by atoms with Crippen molar-refractivity contribution in [2.45, 2.75) is 51.4 Å². The molecule has 0 atom stereocenters. The molecular formula is C37H41N4O4+. The third-order valence-corrected chi connectivity index (χ3v) is 10.3. The van der Waals surface area contributed by atoms with Gasteiger partial charge in [-0.05, 0) is 67.9 Å². The molecule has 0 spiro atoms. The van der Waals surface area contributed by atoms with Crippen LogP contribution in [0.4, 0.5) is 10.5 Å². The number of hydrogen-bond donors (Lipinski definition) is 1. The summed E-state index contributed by atoms with van der Waals surface area (Å²) >= 11 is 0. The molecule has 8 heteroatoms. The first-order chi connectivity index (χ1) is 22.0. The number of aryl methyl sites for hydroxylation is 2. The van der Waals surface area contributed by atoms with Crippen molar-refractivity contribution in [2.75, 3.05) is 58.3 Å². The van der Waals surface area contributed by atoms with Crippen LogP contribution in [0.3, 0.4) is 0 Å². The van der Waals surface area contributed by atoms with E-state index >= 15 is 0 Å². The van der Waals surface area contributed by atoms with Gasteiger partial charge in [0.25, 0.3) is 5.91 Å². The predicted octanol–water partition coefficient (Wildman–Crippen LogP) is 3.55. The number of rotatable bonds is 5. The molecule has 0 aliphatic carbocycles. The third-order valence-electron chi connectivity index (χ3n) is 10.3. The Morgan fingerprint density at radius 2 is 1.69 bits per heavy atom. The first-order valence-electron chi connectivity index (χ1n) is 16.7. The maximum atomic E-state index is 14.1. The fourth-order valence-electron chi connectivity index (χ4n) is 8.35. The zero-order chi connectivity index (χ0) is 30.7. The molecule has 1 N–H and O–H groups in total. The zero-order valence-electron chi connectivity index (χ0n) is 26.3. The maximum Gasteiger partial charge on any atom is 0.406 e. The average Bonchev–Trinajstić information content (AvgIpc) is 3.07. The van der Waals surface area contributed by atoms with E-state index in [4.69, 9.17) is 9.47 Å². The number of likely N-dealkylation sites (N-methyl/N-ethyl adjacent to an activating group) is 1. The average molecular weight is 606 g/mol. The fraction of sp³-hybridized carbons (Fsp3) is 0.432. The summed E-state index contributed by atoms with van der Waals surface area (Å²) in [4.78, 5) is 29.9. The van der Waals surface area contributed by atoms with Crippen LogP contribution in [0.15, 0.2) is 36.4 Å². The summed E-state index contributed by atoms with van der Waals surface area (Å²) in [6.07, 6.45) is 8.19. The van der Waals surface area contributed by atoms with Crippen LogP contribution in [0.5, 0.6) is 11.5 Å². The molecule has 8 rings (SSSR count). The highest BCUT2D eigenvalue weighted by Gasteiger charge is 2.36. The number of alkyl carbamates (subject to hydrolysis) is 1. The van der Waals surface area contributed by atoms with Gasteiger partial charge >= 0.3 is 6.09 Å². The van der Waals surface area contributed by atoms with E-state index in [9.17, 15) is 9.59 Å². The van der Waals surface area contributed by atoms with E-state index in [0.29, 0.717) is 12.1 Å². The largest absolute Gasteiger partial charge is 0.455 e. The number of hydrogen-bond acceptors (Lipinski definition) is 5. The van der Waals surface area contributed by atoms with Crippen molar-refractivity contribution in [3.63, 3.8) is 0 Å². The molecule has 0 radical (unpaired) electrons. The maximum absolute atomic E-state index is 14.1. The van der Waals surface area contributed by atoms with Crippen LogP contribution in [-0.4, -0.2) is 70.3 Å². The molecule has 0 bridgehead atoms. The summed E-state index contributed by atoms with van der Waals surface area (Å²) in [7, 11) is 3.30. The molecule has 0 aromatic heterocycles. The lowest BCUT2D eigenvalue weighted by molar-refractivity contribution is 0.0745. The molecule has 0 saturated carbocycles. The summed E-state index contributed by atoms with van der Waals surface area (Å²) < 4.78 is 15.0. The van der Waals surface area contributed by atoms with E-state index in [1.165, 1.54) is 40.3 Å². The van der Waals surface area contributed by atoms with Crippen LogP contribution in [0, 0.1) is 0 Å². The topological polar surface area (TPSA) is 74.1 Å². The summed E-state index contributed by atoms with van der Waals surface area (Å²) in [5.74, 6) is 1.88. The second-order valence-corrected chi connectivity index (χ2v) is 13.0. The minimum atomic E-state index is -0.501. The second-order valence-electron chi connectivity index (χ2n) is 13.0. The molecule has 3 aromatic carbocycles. The number of nitrogens with one attached hydrogen (secondary N) is 1. The van der Waals surface area contributed by atoms with Crippen molar-refractivity contribution in [3.05, 3.63) is 85.9 Å². The standard InChI is InChI=1S/C37H40N4O4/c1-38-37(43)44-20-19-39(2)36(42)26-12-4-3-11-25(26)31-29-21-23-9-5-15-40-17-7-13-27(32(23)40)34(29)45-35-28-14-8-18-41-16-6-10-24(33(28)41)22-30(31)35/h3-4,11-12,21-22H,5-10,13-20H2,1-2H3/p+1. The lowest BCUT2D eigenvalue weighted by atomic mass is 9.81. The Labute approximate surface area is 263 Å². The second kappa shape index (κ2) is 11.2. The van der Waals surface area contributed by atoms with Gasteiger partial charge in [-0.25, -0.2) is 9.37 Å². The van der Waals surface area contributed by atoms with Crippen LogP contribution in [0.2, 0.25) is 0 Å². The highest BCUT2D eigenvalue weighted by molar-refractivity contribution is 6.02. The molecule has 0 saturated heterocycles. The van der Waals surface area contributed by atoms with E-state index in [1.54, 1.807) is 11.9 Å². The van der Waals surface area contributed by atoms with Gasteiger partial charge in [-0.2, -0.15) is 0 Å². The van der Waals surface area contributed by atoms with Crippen LogP contribution in [0.25, 0.3) is 5.57 Å². The van der Waals surface area contributed by atoms with Gasteiger partial charge in [-0.1, -0.05) is 18.2 Å². The molecule has 5 aliphatic rings. The molecule has 8 nitrogen and oxygen atoms in total. The van der Waals surface area contributed by atoms with Gasteiger partial charge in [-0.3, -0.25) is 4.79 Å². The third kappa shape index (κ3) is 4.60. The van der Waals surface area contributed by atoms with Gasteiger partial charge in [0.15, 0.2) is 0 Å². The van der Waals surface area contributed by atoms with E-state index in [0.717, 1.165) is 111 Å². The van der Waals surface area contributed by atoms with Crippen LogP contribution < -0.4 is 30.1 Å². The van der Waals surface area contributed by atoms with E-state index in [1.807, 2.05) is 18.2 Å². The molecule has 2 amide bonds. The molecule has 0 fully saturated rings. The van der Waals surface area contributed by atoms with E-state index in [-0.39, 0.29) is 12.5 Å². The summed E-state index contributed by atoms with van der Waals surface area (Å²) in [6, 6.07) is 12.8. The number of benzene rings is 3. The quantitative estimate of drug-likeness (QED) is 0.353. The Hall–Kier alpha value is -4.33. The van der Waals surface area contributed by atoms with Crippen molar-refractivity contribution in [2.24, 2.45) is 0 Å². The molecule has 3 aromatic rings. The van der Waals surface area contributed by atoms with Crippen LogP contribution in [-0.2, 0) is 30.4 Å². The van der Waals surface area contributed by atoms with Gasteiger partial charge < -0.3 is 24.6 Å². The highest BCUT2D eigenvalue weighted by atomic mass is 16.5. The number of anilines is 1. The number of carbonyl (C=O) groups excluding carboxylic acids is 2. The highest BCUT2D eigenvalue weighted by Crippen LogP contribution is 2.48. The predicted molar refractivity (Wildman–Crippen MR) is 174 cm³/mol. The summed E-state index contributed by atoms with van der Waals surface area (Å²) in [5.41, 5.74) is 10.7. The van der Waals surface area contributed by atoms with Crippen molar-refractivity contribution in [1.29, 1.82) is 0 Å². The Morgan fingerprint density at radius 3 is 2.53 bits per heavy atom. The van der Waals surface area contributed by atoms with Gasteiger partial charge in [0.05, 0.1) is 12.1 Å². The molecule has 45 heavy (non-hydrogen) atoms. The number of carbonyl (C=O) groups is 2. The first-order valence-corrected chi connectivity index (χ1v) is 16.7. The van der Waals surface area contributed by atoms with Crippen molar-refractivity contribution >= 4 is 23.3 Å². The van der Waals surface area contributed by atoms with Gasteiger partial charge in [0.2, 0.25) is 5.36 Å². The minimum absolute atomic E-state index is 0.0934. The Kier molecular flexibility index (Phi) is 7.03. The monoisotopic (exact) mass is 605 g/mol. The SMILES string of the molecule is CNC(=O)OCCN(C)C(=O)c1ccccc1C1=c2cc3c4c(c2Oc2c1cc1c5c2CCCN5CCC1)CCC[N+]=4CCC3. The Balaban J connectivity index is 1.37. The van der Waals surface area contributed by atoms with Crippen molar-refractivity contribution in [3.8, 4) is 11.5 Å². The lowest BCUT2D eigenvalue weighted by Gasteiger charge is -2.39. The van der Waals surface area contributed by atoms with Gasteiger partial charge in [0, 0.05) is 78.8 Å². The van der Waals surface area contributed by atoms with Crippen molar-refractivity contribution < 1.29 is 19.1 Å². The number of ether oxygens (including phenoxy) is 2. The van der Waals surface area contributed by atoms with Crippen LogP contribution >= 0.6 is 0 Å². The molecule has 232 valence electrons.